The van der Waals surface area contributed by atoms with E-state index in [0.717, 1.165) is 16.9 Å². The minimum absolute atomic E-state index is 0.00699. The van der Waals surface area contributed by atoms with E-state index in [1.165, 1.54) is 11.0 Å². The summed E-state index contributed by atoms with van der Waals surface area (Å²) in [6.07, 6.45) is 3.04. The lowest BCUT2D eigenvalue weighted by Crippen LogP contribution is -2.29. The first kappa shape index (κ1) is 29.3. The molecule has 212 valence electrons. The lowest BCUT2D eigenvalue weighted by molar-refractivity contribution is -0.132. The van der Waals surface area contributed by atoms with E-state index in [1.54, 1.807) is 55.5 Å². The SMILES string of the molecule is C=CCOC(=O)c1sc(N2C(=O)C(=O)C(=C(O)c3ccc(C)cc3)C2c2ccc(OCC=C)c(OCC)c2)nc1C. The van der Waals surface area contributed by atoms with E-state index in [1.807, 2.05) is 13.8 Å². The van der Waals surface area contributed by atoms with Crippen LogP contribution >= 0.6 is 11.3 Å². The third-order valence-corrected chi connectivity index (χ3v) is 7.36. The van der Waals surface area contributed by atoms with Crippen molar-refractivity contribution in [1.82, 2.24) is 4.98 Å². The maximum absolute atomic E-state index is 13.6. The van der Waals surface area contributed by atoms with Gasteiger partial charge in [-0.25, -0.2) is 9.78 Å². The van der Waals surface area contributed by atoms with Gasteiger partial charge in [0.05, 0.1) is 23.9 Å². The van der Waals surface area contributed by atoms with Gasteiger partial charge in [-0.15, -0.1) is 0 Å². The molecule has 0 spiro atoms. The Hall–Kier alpha value is -4.70. The summed E-state index contributed by atoms with van der Waals surface area (Å²) < 4.78 is 16.7. The second kappa shape index (κ2) is 12.6. The van der Waals surface area contributed by atoms with Gasteiger partial charge in [0.25, 0.3) is 5.78 Å². The maximum Gasteiger partial charge on any atom is 0.350 e. The summed E-state index contributed by atoms with van der Waals surface area (Å²) in [4.78, 5) is 45.6. The predicted octanol–water partition coefficient (Wildman–Crippen LogP) is 5.69. The molecule has 1 aliphatic rings. The number of ether oxygens (including phenoxy) is 3. The van der Waals surface area contributed by atoms with Gasteiger partial charge in [-0.3, -0.25) is 14.5 Å². The normalized spacial score (nSPS) is 16.0. The van der Waals surface area contributed by atoms with E-state index in [0.29, 0.717) is 34.9 Å². The number of thiazole rings is 1. The van der Waals surface area contributed by atoms with Crippen molar-refractivity contribution in [3.8, 4) is 11.5 Å². The summed E-state index contributed by atoms with van der Waals surface area (Å²) in [5.41, 5.74) is 2.02. The van der Waals surface area contributed by atoms with E-state index in [2.05, 4.69) is 18.1 Å². The third kappa shape index (κ3) is 5.92. The van der Waals surface area contributed by atoms with Crippen LogP contribution in [0, 0.1) is 13.8 Å². The number of benzene rings is 2. The molecule has 0 bridgehead atoms. The Morgan fingerprint density at radius 3 is 2.41 bits per heavy atom. The number of Topliss-reactive ketones (excluding diaryl/α,β-unsaturated/α-hetero) is 1. The summed E-state index contributed by atoms with van der Waals surface area (Å²) in [5, 5.41) is 11.5. The number of rotatable bonds is 11. The minimum Gasteiger partial charge on any atom is -0.507 e. The third-order valence-electron chi connectivity index (χ3n) is 6.22. The molecule has 1 aromatic heterocycles. The Morgan fingerprint density at radius 1 is 1.05 bits per heavy atom. The maximum atomic E-state index is 13.6. The summed E-state index contributed by atoms with van der Waals surface area (Å²) >= 11 is 0.921. The quantitative estimate of drug-likeness (QED) is 0.102. The van der Waals surface area contributed by atoms with E-state index < -0.39 is 23.7 Å². The van der Waals surface area contributed by atoms with E-state index >= 15 is 0 Å². The van der Waals surface area contributed by atoms with Crippen LogP contribution in [-0.4, -0.2) is 47.6 Å². The molecular weight excluding hydrogens is 544 g/mol. The van der Waals surface area contributed by atoms with E-state index in [9.17, 15) is 19.5 Å². The number of ketones is 1. The second-order valence-corrected chi connectivity index (χ2v) is 10.0. The molecule has 1 atom stereocenters. The Balaban J connectivity index is 1.91. The predicted molar refractivity (Wildman–Crippen MR) is 157 cm³/mol. The summed E-state index contributed by atoms with van der Waals surface area (Å²) in [7, 11) is 0. The molecule has 9 nitrogen and oxygen atoms in total. The molecule has 2 heterocycles. The molecule has 1 unspecified atom stereocenters. The van der Waals surface area contributed by atoms with E-state index in [4.69, 9.17) is 14.2 Å². The number of esters is 1. The van der Waals surface area contributed by atoms with Crippen molar-refractivity contribution in [2.75, 3.05) is 24.7 Å². The van der Waals surface area contributed by atoms with Crippen LogP contribution in [0.5, 0.6) is 11.5 Å². The first-order valence-electron chi connectivity index (χ1n) is 12.9. The van der Waals surface area contributed by atoms with Gasteiger partial charge < -0.3 is 19.3 Å². The van der Waals surface area contributed by atoms with Crippen LogP contribution in [0.3, 0.4) is 0 Å². The average molecular weight is 575 g/mol. The van der Waals surface area contributed by atoms with Crippen LogP contribution < -0.4 is 14.4 Å². The number of aliphatic hydroxyl groups is 1. The number of anilines is 1. The number of hydrogen-bond acceptors (Lipinski definition) is 9. The summed E-state index contributed by atoms with van der Waals surface area (Å²) in [6.45, 7) is 13.1. The van der Waals surface area contributed by atoms with Crippen LogP contribution in [0.1, 0.15) is 45.0 Å². The van der Waals surface area contributed by atoms with Crippen molar-refractivity contribution in [1.29, 1.82) is 0 Å². The van der Waals surface area contributed by atoms with Crippen molar-refractivity contribution < 1.29 is 33.7 Å². The molecule has 0 radical (unpaired) electrons. The zero-order valence-corrected chi connectivity index (χ0v) is 23.8. The highest BCUT2D eigenvalue weighted by atomic mass is 32.1. The smallest absolute Gasteiger partial charge is 0.350 e. The lowest BCUT2D eigenvalue weighted by Gasteiger charge is -2.24. The monoisotopic (exact) mass is 574 g/mol. The molecule has 4 rings (SSSR count). The van der Waals surface area contributed by atoms with Crippen molar-refractivity contribution in [2.24, 2.45) is 0 Å². The van der Waals surface area contributed by atoms with Crippen LogP contribution in [0.25, 0.3) is 5.76 Å². The lowest BCUT2D eigenvalue weighted by atomic mass is 9.95. The van der Waals surface area contributed by atoms with Gasteiger partial charge in [0, 0.05) is 5.56 Å². The molecule has 1 fully saturated rings. The van der Waals surface area contributed by atoms with Gasteiger partial charge in [-0.1, -0.05) is 72.5 Å². The van der Waals surface area contributed by atoms with Crippen molar-refractivity contribution in [3.05, 3.63) is 101 Å². The highest BCUT2D eigenvalue weighted by molar-refractivity contribution is 7.17. The molecule has 1 N–H and O–H groups in total. The first-order valence-corrected chi connectivity index (χ1v) is 13.7. The van der Waals surface area contributed by atoms with Crippen LogP contribution in [-0.2, 0) is 14.3 Å². The fourth-order valence-corrected chi connectivity index (χ4v) is 5.31. The van der Waals surface area contributed by atoms with Gasteiger partial charge in [0.15, 0.2) is 16.6 Å². The number of aromatic nitrogens is 1. The highest BCUT2D eigenvalue weighted by Gasteiger charge is 2.48. The van der Waals surface area contributed by atoms with Gasteiger partial charge in [-0.2, -0.15) is 0 Å². The largest absolute Gasteiger partial charge is 0.507 e. The number of aliphatic hydroxyl groups excluding tert-OH is 1. The first-order chi connectivity index (χ1) is 19.7. The molecule has 1 aliphatic heterocycles. The molecule has 1 amide bonds. The molecule has 3 aromatic rings. The van der Waals surface area contributed by atoms with Crippen molar-refractivity contribution in [2.45, 2.75) is 26.8 Å². The number of amides is 1. The summed E-state index contributed by atoms with van der Waals surface area (Å²) in [6, 6.07) is 10.9. The molecular formula is C31H30N2O7S. The van der Waals surface area contributed by atoms with Gasteiger partial charge >= 0.3 is 11.9 Å². The van der Waals surface area contributed by atoms with E-state index in [-0.39, 0.29) is 34.6 Å². The number of aryl methyl sites for hydroxylation is 2. The molecule has 0 saturated carbocycles. The number of carbonyl (C=O) groups is 3. The van der Waals surface area contributed by atoms with Gasteiger partial charge in [-0.05, 0) is 38.5 Å². The number of nitrogens with zero attached hydrogens (tertiary/aromatic N) is 2. The fraction of sp³-hybridized carbons (Fsp3) is 0.226. The summed E-state index contributed by atoms with van der Waals surface area (Å²) in [5.74, 6) is -1.91. The standard InChI is InChI=1S/C31H30N2O7S/c1-6-15-39-22-14-13-21(17-23(22)38-8-3)25-24(26(34)20-11-9-18(4)10-12-20)27(35)29(36)33(25)31-32-19(5)28(41-31)30(37)40-16-7-2/h6-7,9-14,17,25,34H,1-2,8,15-16H2,3-5H3. The molecule has 1 saturated heterocycles. The van der Waals surface area contributed by atoms with Crippen molar-refractivity contribution >= 4 is 39.9 Å². The molecule has 0 aliphatic carbocycles. The Morgan fingerprint density at radius 2 is 1.76 bits per heavy atom. The highest BCUT2D eigenvalue weighted by Crippen LogP contribution is 2.45. The number of carbonyl (C=O) groups excluding carboxylic acids is 3. The van der Waals surface area contributed by atoms with Crippen molar-refractivity contribution in [3.63, 3.8) is 0 Å². The molecule has 41 heavy (non-hydrogen) atoms. The van der Waals surface area contributed by atoms with Gasteiger partial charge in [0.1, 0.15) is 23.9 Å². The average Bonchev–Trinajstić information content (AvgIpc) is 3.47. The van der Waals surface area contributed by atoms with Gasteiger partial charge in [0.2, 0.25) is 0 Å². The Labute approximate surface area is 242 Å². The molecule has 2 aromatic carbocycles. The minimum atomic E-state index is -1.08. The van der Waals surface area contributed by atoms with Crippen LogP contribution in [0.4, 0.5) is 5.13 Å². The zero-order valence-electron chi connectivity index (χ0n) is 23.0. The Kier molecular flexibility index (Phi) is 9.04. The molecule has 10 heteroatoms. The van der Waals surface area contributed by atoms with Crippen LogP contribution in [0.2, 0.25) is 0 Å². The zero-order chi connectivity index (χ0) is 29.7. The second-order valence-electron chi connectivity index (χ2n) is 9.07. The fourth-order valence-electron chi connectivity index (χ4n) is 4.32. The topological polar surface area (TPSA) is 115 Å². The van der Waals surface area contributed by atoms with Crippen LogP contribution in [0.15, 0.2) is 73.3 Å². The Bertz CT molecular complexity index is 1540. The number of hydrogen-bond donors (Lipinski definition) is 1.